The first-order valence-electron chi connectivity index (χ1n) is 4.70. The monoisotopic (exact) mass is 234 g/mol. The summed E-state index contributed by atoms with van der Waals surface area (Å²) >= 11 is 1.24. The lowest BCUT2D eigenvalue weighted by molar-refractivity contribution is 0.599. The van der Waals surface area contributed by atoms with E-state index in [1.54, 1.807) is 6.08 Å². The summed E-state index contributed by atoms with van der Waals surface area (Å²) in [6, 6.07) is 0. The molecule has 0 aromatic heterocycles. The highest BCUT2D eigenvalue weighted by Gasteiger charge is 2.14. The van der Waals surface area contributed by atoms with E-state index < -0.39 is 9.84 Å². The first kappa shape index (κ1) is 13.8. The molecule has 0 aromatic rings. The van der Waals surface area contributed by atoms with Crippen LogP contribution in [0.25, 0.3) is 0 Å². The predicted molar refractivity (Wildman–Crippen MR) is 65.1 cm³/mol. The predicted octanol–water partition coefficient (Wildman–Crippen LogP) is 2.98. The van der Waals surface area contributed by atoms with Gasteiger partial charge in [-0.25, -0.2) is 8.42 Å². The Labute approximate surface area is 91.4 Å². The zero-order valence-electron chi connectivity index (χ0n) is 8.66. The summed E-state index contributed by atoms with van der Waals surface area (Å²) in [5.74, 6) is 0.829. The van der Waals surface area contributed by atoms with Crippen molar-refractivity contribution in [1.82, 2.24) is 0 Å². The van der Waals surface area contributed by atoms with Crippen molar-refractivity contribution in [3.05, 3.63) is 23.5 Å². The number of hydrogen-bond acceptors (Lipinski definition) is 3. The van der Waals surface area contributed by atoms with E-state index in [9.17, 15) is 8.42 Å². The molecule has 0 N–H and O–H groups in total. The molecule has 0 atom stereocenters. The Balaban J connectivity index is 4.04. The van der Waals surface area contributed by atoms with Gasteiger partial charge in [-0.1, -0.05) is 32.4 Å². The van der Waals surface area contributed by atoms with Gasteiger partial charge in [-0.2, -0.15) is 0 Å². The molecule has 14 heavy (non-hydrogen) atoms. The van der Waals surface area contributed by atoms with Crippen molar-refractivity contribution in [2.75, 3.05) is 11.5 Å². The minimum atomic E-state index is -3.08. The van der Waals surface area contributed by atoms with E-state index in [4.69, 9.17) is 0 Å². The summed E-state index contributed by atoms with van der Waals surface area (Å²) in [6.45, 7) is 9.15. The molecule has 4 heteroatoms. The van der Waals surface area contributed by atoms with E-state index in [0.717, 1.165) is 19.3 Å². The van der Waals surface area contributed by atoms with E-state index in [-0.39, 0.29) is 9.99 Å². The van der Waals surface area contributed by atoms with Gasteiger partial charge in [0.15, 0.2) is 9.84 Å². The molecule has 0 unspecified atom stereocenters. The van der Waals surface area contributed by atoms with Crippen LogP contribution in [0.5, 0.6) is 0 Å². The molecular formula is C10H18O2S2. The minimum Gasteiger partial charge on any atom is -0.223 e. The lowest BCUT2D eigenvalue weighted by Gasteiger charge is -2.05. The Hall–Kier alpha value is -0.220. The molecule has 0 saturated carbocycles. The van der Waals surface area contributed by atoms with E-state index in [1.807, 2.05) is 6.92 Å². The highest BCUT2D eigenvalue weighted by molar-refractivity contribution is 8.18. The molecule has 2 nitrogen and oxygen atoms in total. The Kier molecular flexibility index (Phi) is 7.01. The standard InChI is InChI=1S/C10H18O2S2/c1-4-6-7-9-14(11,12)10(3)13-8-5-2/h5H,2-4,6-9H2,1H3. The number of sulfone groups is 1. The quantitative estimate of drug-likeness (QED) is 0.478. The second kappa shape index (κ2) is 7.12. The molecule has 0 aliphatic rings. The average Bonchev–Trinajstić information content (AvgIpc) is 2.14. The molecule has 0 aromatic carbocycles. The molecule has 0 bridgehead atoms. The summed E-state index contributed by atoms with van der Waals surface area (Å²) in [5.41, 5.74) is 0. The molecule has 82 valence electrons. The SMILES string of the molecule is C=CCSC(=C)S(=O)(=O)CCCCC. The smallest absolute Gasteiger partial charge is 0.183 e. The third kappa shape index (κ3) is 5.50. The van der Waals surface area contributed by atoms with Crippen molar-refractivity contribution in [3.63, 3.8) is 0 Å². The largest absolute Gasteiger partial charge is 0.223 e. The average molecular weight is 234 g/mol. The van der Waals surface area contributed by atoms with Gasteiger partial charge in [0.25, 0.3) is 0 Å². The van der Waals surface area contributed by atoms with Gasteiger partial charge in [-0.3, -0.25) is 0 Å². The van der Waals surface area contributed by atoms with Crippen molar-refractivity contribution in [1.29, 1.82) is 0 Å². The summed E-state index contributed by atoms with van der Waals surface area (Å²) in [7, 11) is -3.08. The van der Waals surface area contributed by atoms with Crippen LogP contribution in [0.3, 0.4) is 0 Å². The molecule has 0 spiro atoms. The van der Waals surface area contributed by atoms with Gasteiger partial charge >= 0.3 is 0 Å². The van der Waals surface area contributed by atoms with Gasteiger partial charge in [0, 0.05) is 5.75 Å². The first-order chi connectivity index (χ1) is 6.54. The number of hydrogen-bond donors (Lipinski definition) is 0. The fourth-order valence-electron chi connectivity index (χ4n) is 0.898. The zero-order valence-corrected chi connectivity index (χ0v) is 10.3. The van der Waals surface area contributed by atoms with E-state index in [2.05, 4.69) is 13.2 Å². The minimum absolute atomic E-state index is 0.226. The van der Waals surface area contributed by atoms with Crippen LogP contribution in [0.4, 0.5) is 0 Å². The van der Waals surface area contributed by atoms with Crippen molar-refractivity contribution in [2.45, 2.75) is 26.2 Å². The van der Waals surface area contributed by atoms with Gasteiger partial charge < -0.3 is 0 Å². The van der Waals surface area contributed by atoms with Crippen LogP contribution >= 0.6 is 11.8 Å². The van der Waals surface area contributed by atoms with Crippen molar-refractivity contribution >= 4 is 21.6 Å². The summed E-state index contributed by atoms with van der Waals surface area (Å²) in [5, 5.41) is 0. The summed E-state index contributed by atoms with van der Waals surface area (Å²) in [4.78, 5) is 0. The molecule has 0 radical (unpaired) electrons. The van der Waals surface area contributed by atoms with Crippen molar-refractivity contribution < 1.29 is 8.42 Å². The molecule has 0 fully saturated rings. The van der Waals surface area contributed by atoms with Gasteiger partial charge in [-0.15, -0.1) is 18.3 Å². The van der Waals surface area contributed by atoms with Crippen molar-refractivity contribution in [3.8, 4) is 0 Å². The maximum atomic E-state index is 11.6. The Bertz CT molecular complexity index is 278. The van der Waals surface area contributed by atoms with Crippen LogP contribution in [0, 0.1) is 0 Å². The lowest BCUT2D eigenvalue weighted by atomic mass is 10.3. The van der Waals surface area contributed by atoms with Crippen LogP contribution < -0.4 is 0 Å². The van der Waals surface area contributed by atoms with Crippen LogP contribution in [-0.4, -0.2) is 19.9 Å². The Morgan fingerprint density at radius 2 is 2.07 bits per heavy atom. The molecule has 0 aliphatic carbocycles. The molecule has 0 saturated heterocycles. The maximum absolute atomic E-state index is 11.6. The fourth-order valence-corrected chi connectivity index (χ4v) is 3.19. The fraction of sp³-hybridized carbons (Fsp3) is 0.600. The third-order valence-electron chi connectivity index (χ3n) is 1.73. The molecule has 0 amide bonds. The van der Waals surface area contributed by atoms with Crippen LogP contribution in [-0.2, 0) is 9.84 Å². The van der Waals surface area contributed by atoms with Crippen LogP contribution in [0.15, 0.2) is 23.5 Å². The molecular weight excluding hydrogens is 216 g/mol. The van der Waals surface area contributed by atoms with E-state index in [1.165, 1.54) is 11.8 Å². The first-order valence-corrected chi connectivity index (χ1v) is 7.33. The molecule has 0 rings (SSSR count). The number of unbranched alkanes of at least 4 members (excludes halogenated alkanes) is 2. The Morgan fingerprint density at radius 3 is 2.57 bits per heavy atom. The molecule has 0 heterocycles. The zero-order chi connectivity index (χ0) is 11.0. The topological polar surface area (TPSA) is 34.1 Å². The number of rotatable bonds is 8. The van der Waals surface area contributed by atoms with E-state index in [0.29, 0.717) is 5.75 Å². The van der Waals surface area contributed by atoms with Crippen molar-refractivity contribution in [2.24, 2.45) is 0 Å². The third-order valence-corrected chi connectivity index (χ3v) is 5.09. The van der Waals surface area contributed by atoms with Crippen LogP contribution in [0.1, 0.15) is 26.2 Å². The maximum Gasteiger partial charge on any atom is 0.183 e. The number of thioether (sulfide) groups is 1. The Morgan fingerprint density at radius 1 is 1.43 bits per heavy atom. The van der Waals surface area contributed by atoms with Gasteiger partial charge in [0.05, 0.1) is 9.99 Å². The van der Waals surface area contributed by atoms with Crippen LogP contribution in [0.2, 0.25) is 0 Å². The van der Waals surface area contributed by atoms with Gasteiger partial charge in [0.1, 0.15) is 0 Å². The summed E-state index contributed by atoms with van der Waals surface area (Å²) < 4.78 is 23.4. The lowest BCUT2D eigenvalue weighted by Crippen LogP contribution is -2.06. The van der Waals surface area contributed by atoms with Gasteiger partial charge in [0.2, 0.25) is 0 Å². The highest BCUT2D eigenvalue weighted by atomic mass is 32.3. The molecule has 0 aliphatic heterocycles. The summed E-state index contributed by atoms with van der Waals surface area (Å²) in [6.07, 6.45) is 4.39. The second-order valence-corrected chi connectivity index (χ2v) is 6.50. The highest BCUT2D eigenvalue weighted by Crippen LogP contribution is 2.21. The second-order valence-electron chi connectivity index (χ2n) is 3.00. The normalized spacial score (nSPS) is 11.2. The van der Waals surface area contributed by atoms with E-state index >= 15 is 0 Å². The van der Waals surface area contributed by atoms with Gasteiger partial charge in [-0.05, 0) is 6.42 Å².